The standard InChI is InChI=1S/C14H21NO/c1-11-8-9-12(2)15(11)10-14(16)13-6-4-3-5-7-13/h3-7,11-12,14,16H,8-10H2,1-2H3. The molecule has 3 atom stereocenters. The summed E-state index contributed by atoms with van der Waals surface area (Å²) in [5, 5.41) is 10.2. The van der Waals surface area contributed by atoms with Crippen molar-refractivity contribution in [1.29, 1.82) is 0 Å². The van der Waals surface area contributed by atoms with Crippen molar-refractivity contribution < 1.29 is 5.11 Å². The van der Waals surface area contributed by atoms with E-state index in [-0.39, 0.29) is 6.10 Å². The molecule has 1 heterocycles. The van der Waals surface area contributed by atoms with Crippen molar-refractivity contribution in [2.45, 2.75) is 44.9 Å². The van der Waals surface area contributed by atoms with Gasteiger partial charge in [0.05, 0.1) is 6.10 Å². The second-order valence-corrected chi connectivity index (χ2v) is 4.90. The lowest BCUT2D eigenvalue weighted by molar-refractivity contribution is 0.0913. The monoisotopic (exact) mass is 219 g/mol. The van der Waals surface area contributed by atoms with Crippen LogP contribution in [0.5, 0.6) is 0 Å². The molecule has 16 heavy (non-hydrogen) atoms. The van der Waals surface area contributed by atoms with E-state index in [0.717, 1.165) is 12.1 Å². The van der Waals surface area contributed by atoms with Crippen LogP contribution in [0.2, 0.25) is 0 Å². The fourth-order valence-electron chi connectivity index (χ4n) is 2.59. The Morgan fingerprint density at radius 2 is 1.75 bits per heavy atom. The number of β-amino-alcohol motifs (C(OH)–C–C–N with tert-alkyl or cyclic N) is 1. The topological polar surface area (TPSA) is 23.5 Å². The Hall–Kier alpha value is -0.860. The summed E-state index contributed by atoms with van der Waals surface area (Å²) >= 11 is 0. The quantitative estimate of drug-likeness (QED) is 0.844. The Morgan fingerprint density at radius 3 is 2.31 bits per heavy atom. The smallest absolute Gasteiger partial charge is 0.0917 e. The van der Waals surface area contributed by atoms with Crippen molar-refractivity contribution in [3.8, 4) is 0 Å². The van der Waals surface area contributed by atoms with E-state index in [2.05, 4.69) is 18.7 Å². The van der Waals surface area contributed by atoms with Crippen molar-refractivity contribution in [2.24, 2.45) is 0 Å². The normalized spacial score (nSPS) is 28.2. The Balaban J connectivity index is 1.99. The van der Waals surface area contributed by atoms with E-state index in [9.17, 15) is 5.11 Å². The number of aliphatic hydroxyl groups excluding tert-OH is 1. The predicted octanol–water partition coefficient (Wildman–Crippen LogP) is 2.59. The zero-order chi connectivity index (χ0) is 11.5. The molecule has 2 heteroatoms. The van der Waals surface area contributed by atoms with Gasteiger partial charge in [0.1, 0.15) is 0 Å². The first-order valence-corrected chi connectivity index (χ1v) is 6.17. The highest BCUT2D eigenvalue weighted by Gasteiger charge is 2.28. The van der Waals surface area contributed by atoms with E-state index >= 15 is 0 Å². The van der Waals surface area contributed by atoms with Crippen LogP contribution < -0.4 is 0 Å². The van der Waals surface area contributed by atoms with Crippen LogP contribution >= 0.6 is 0 Å². The van der Waals surface area contributed by atoms with Gasteiger partial charge in [-0.15, -0.1) is 0 Å². The zero-order valence-corrected chi connectivity index (χ0v) is 10.1. The molecule has 1 aliphatic heterocycles. The van der Waals surface area contributed by atoms with E-state index in [1.165, 1.54) is 12.8 Å². The molecule has 2 rings (SSSR count). The summed E-state index contributed by atoms with van der Waals surface area (Å²) in [5.74, 6) is 0. The van der Waals surface area contributed by atoms with Crippen LogP contribution in [0.15, 0.2) is 30.3 Å². The molecule has 0 saturated carbocycles. The predicted molar refractivity (Wildman–Crippen MR) is 66.3 cm³/mol. The summed E-state index contributed by atoms with van der Waals surface area (Å²) in [6, 6.07) is 11.1. The first kappa shape index (κ1) is 11.6. The molecule has 88 valence electrons. The van der Waals surface area contributed by atoms with Gasteiger partial charge >= 0.3 is 0 Å². The van der Waals surface area contributed by atoms with Gasteiger partial charge in [0, 0.05) is 18.6 Å². The average molecular weight is 219 g/mol. The third kappa shape index (κ3) is 2.45. The molecule has 0 spiro atoms. The van der Waals surface area contributed by atoms with E-state index < -0.39 is 0 Å². The first-order chi connectivity index (χ1) is 7.68. The molecule has 1 aromatic rings. The average Bonchev–Trinajstić information content (AvgIpc) is 2.62. The van der Waals surface area contributed by atoms with Crippen LogP contribution in [-0.2, 0) is 0 Å². The third-order valence-corrected chi connectivity index (χ3v) is 3.70. The molecule has 0 aromatic heterocycles. The van der Waals surface area contributed by atoms with Crippen LogP contribution in [0, 0.1) is 0 Å². The minimum absolute atomic E-state index is 0.357. The maximum absolute atomic E-state index is 10.2. The van der Waals surface area contributed by atoms with Crippen LogP contribution in [0.4, 0.5) is 0 Å². The Morgan fingerprint density at radius 1 is 1.19 bits per heavy atom. The number of hydrogen-bond acceptors (Lipinski definition) is 2. The summed E-state index contributed by atoms with van der Waals surface area (Å²) in [6.07, 6.45) is 2.15. The van der Waals surface area contributed by atoms with Gasteiger partial charge in [-0.25, -0.2) is 0 Å². The van der Waals surface area contributed by atoms with Gasteiger partial charge in [0.2, 0.25) is 0 Å². The van der Waals surface area contributed by atoms with E-state index in [1.807, 2.05) is 30.3 Å². The molecular formula is C14H21NO. The molecule has 1 saturated heterocycles. The minimum atomic E-state index is -0.357. The fraction of sp³-hybridized carbons (Fsp3) is 0.571. The number of likely N-dealkylation sites (tertiary alicyclic amines) is 1. The minimum Gasteiger partial charge on any atom is -0.387 e. The van der Waals surface area contributed by atoms with Gasteiger partial charge in [-0.3, -0.25) is 4.90 Å². The number of nitrogens with zero attached hydrogens (tertiary/aromatic N) is 1. The van der Waals surface area contributed by atoms with Crippen LogP contribution in [0.1, 0.15) is 38.4 Å². The maximum atomic E-state index is 10.2. The van der Waals surface area contributed by atoms with Crippen molar-refractivity contribution in [1.82, 2.24) is 4.90 Å². The van der Waals surface area contributed by atoms with Crippen molar-refractivity contribution >= 4 is 0 Å². The summed E-state index contributed by atoms with van der Waals surface area (Å²) in [4.78, 5) is 2.41. The molecule has 0 radical (unpaired) electrons. The molecule has 0 aliphatic carbocycles. The SMILES string of the molecule is CC1CCC(C)N1CC(O)c1ccccc1. The summed E-state index contributed by atoms with van der Waals surface area (Å²) in [6.45, 7) is 5.26. The molecule has 0 amide bonds. The van der Waals surface area contributed by atoms with Gasteiger partial charge < -0.3 is 5.11 Å². The van der Waals surface area contributed by atoms with Crippen molar-refractivity contribution in [3.05, 3.63) is 35.9 Å². The Labute approximate surface area is 97.9 Å². The van der Waals surface area contributed by atoms with Gasteiger partial charge in [-0.1, -0.05) is 30.3 Å². The lowest BCUT2D eigenvalue weighted by Crippen LogP contribution is -2.36. The summed E-state index contributed by atoms with van der Waals surface area (Å²) in [7, 11) is 0. The highest BCUT2D eigenvalue weighted by atomic mass is 16.3. The van der Waals surface area contributed by atoms with Crippen molar-refractivity contribution in [2.75, 3.05) is 6.54 Å². The second-order valence-electron chi connectivity index (χ2n) is 4.90. The lowest BCUT2D eigenvalue weighted by Gasteiger charge is -2.28. The number of hydrogen-bond donors (Lipinski definition) is 1. The summed E-state index contributed by atoms with van der Waals surface area (Å²) < 4.78 is 0. The molecule has 1 fully saturated rings. The first-order valence-electron chi connectivity index (χ1n) is 6.17. The van der Waals surface area contributed by atoms with Crippen LogP contribution in [0.25, 0.3) is 0 Å². The summed E-state index contributed by atoms with van der Waals surface area (Å²) in [5.41, 5.74) is 1.02. The highest BCUT2D eigenvalue weighted by Crippen LogP contribution is 2.26. The van der Waals surface area contributed by atoms with Crippen molar-refractivity contribution in [3.63, 3.8) is 0 Å². The largest absolute Gasteiger partial charge is 0.387 e. The molecule has 2 nitrogen and oxygen atoms in total. The lowest BCUT2D eigenvalue weighted by atomic mass is 10.1. The molecular weight excluding hydrogens is 198 g/mol. The van der Waals surface area contributed by atoms with E-state index in [1.54, 1.807) is 0 Å². The number of aliphatic hydroxyl groups is 1. The van der Waals surface area contributed by atoms with Gasteiger partial charge in [0.15, 0.2) is 0 Å². The maximum Gasteiger partial charge on any atom is 0.0917 e. The van der Waals surface area contributed by atoms with Gasteiger partial charge in [0.25, 0.3) is 0 Å². The van der Waals surface area contributed by atoms with Gasteiger partial charge in [-0.05, 0) is 32.3 Å². The molecule has 3 unspecified atom stereocenters. The highest BCUT2D eigenvalue weighted by molar-refractivity contribution is 5.17. The Kier molecular flexibility index (Phi) is 3.62. The van der Waals surface area contributed by atoms with Crippen LogP contribution in [0.3, 0.4) is 0 Å². The zero-order valence-electron chi connectivity index (χ0n) is 10.1. The molecule has 0 bridgehead atoms. The molecule has 1 aromatic carbocycles. The second kappa shape index (κ2) is 4.98. The van der Waals surface area contributed by atoms with Crippen LogP contribution in [-0.4, -0.2) is 28.6 Å². The fourth-order valence-corrected chi connectivity index (χ4v) is 2.59. The Bertz CT molecular complexity index is 315. The number of benzene rings is 1. The van der Waals surface area contributed by atoms with E-state index in [0.29, 0.717) is 12.1 Å². The van der Waals surface area contributed by atoms with E-state index in [4.69, 9.17) is 0 Å². The van der Waals surface area contributed by atoms with Gasteiger partial charge in [-0.2, -0.15) is 0 Å². The number of rotatable bonds is 3. The molecule has 1 aliphatic rings. The third-order valence-electron chi connectivity index (χ3n) is 3.70. The molecule has 1 N–H and O–H groups in total.